The van der Waals surface area contributed by atoms with Crippen molar-refractivity contribution in [3.05, 3.63) is 23.3 Å². The lowest BCUT2D eigenvalue weighted by molar-refractivity contribution is -0.104. The summed E-state index contributed by atoms with van der Waals surface area (Å²) in [5.41, 5.74) is 2.19. The first-order chi connectivity index (χ1) is 5.66. The molecule has 0 saturated carbocycles. The summed E-state index contributed by atoms with van der Waals surface area (Å²) >= 11 is 0. The minimum Gasteiger partial charge on any atom is -0.373 e. The van der Waals surface area contributed by atoms with Crippen LogP contribution in [0.3, 0.4) is 0 Å². The van der Waals surface area contributed by atoms with Gasteiger partial charge in [-0.15, -0.1) is 0 Å². The molecule has 0 N–H and O–H groups in total. The minimum atomic E-state index is 0.530. The van der Waals surface area contributed by atoms with Crippen molar-refractivity contribution < 1.29 is 9.53 Å². The van der Waals surface area contributed by atoms with Gasteiger partial charge >= 0.3 is 0 Å². The Kier molecular flexibility index (Phi) is 6.29. The Morgan fingerprint density at radius 2 is 2.00 bits per heavy atom. The molecule has 0 aliphatic heterocycles. The molecule has 0 atom stereocenters. The average molecular weight is 168 g/mol. The fraction of sp³-hybridized carbons (Fsp3) is 0.500. The smallest absolute Gasteiger partial charge is 0.142 e. The Bertz CT molecular complexity index is 186. The van der Waals surface area contributed by atoms with Gasteiger partial charge in [0, 0.05) is 0 Å². The summed E-state index contributed by atoms with van der Waals surface area (Å²) in [4.78, 5) is 10.0. The van der Waals surface area contributed by atoms with E-state index in [0.29, 0.717) is 13.2 Å². The van der Waals surface area contributed by atoms with E-state index in [1.54, 1.807) is 0 Å². The van der Waals surface area contributed by atoms with Gasteiger partial charge in [-0.2, -0.15) is 0 Å². The lowest BCUT2D eigenvalue weighted by Gasteiger charge is -1.99. The summed E-state index contributed by atoms with van der Waals surface area (Å²) in [5.74, 6) is 0. The summed E-state index contributed by atoms with van der Waals surface area (Å²) in [7, 11) is 0. The SMILES string of the molecule is CC(C)=CCOC/C(C)=C/C=O. The van der Waals surface area contributed by atoms with Gasteiger partial charge in [-0.1, -0.05) is 11.6 Å². The highest BCUT2D eigenvalue weighted by Crippen LogP contribution is 1.93. The molecule has 0 heterocycles. The van der Waals surface area contributed by atoms with Crippen molar-refractivity contribution in [1.82, 2.24) is 0 Å². The maximum absolute atomic E-state index is 10.0. The number of hydrogen-bond donors (Lipinski definition) is 0. The van der Waals surface area contributed by atoms with Gasteiger partial charge in [-0.05, 0) is 32.4 Å². The maximum atomic E-state index is 10.0. The van der Waals surface area contributed by atoms with Crippen LogP contribution in [0.1, 0.15) is 20.8 Å². The number of hydrogen-bond acceptors (Lipinski definition) is 2. The number of carbonyl (C=O) groups excluding carboxylic acids is 1. The van der Waals surface area contributed by atoms with Gasteiger partial charge in [0.05, 0.1) is 13.2 Å². The minimum absolute atomic E-state index is 0.530. The first-order valence-electron chi connectivity index (χ1n) is 3.99. The van der Waals surface area contributed by atoms with E-state index in [0.717, 1.165) is 11.9 Å². The van der Waals surface area contributed by atoms with Gasteiger partial charge < -0.3 is 4.74 Å². The van der Waals surface area contributed by atoms with Crippen LogP contribution in [0.25, 0.3) is 0 Å². The monoisotopic (exact) mass is 168 g/mol. The Labute approximate surface area is 73.9 Å². The predicted molar refractivity (Wildman–Crippen MR) is 50.1 cm³/mol. The Morgan fingerprint density at radius 1 is 1.33 bits per heavy atom. The zero-order chi connectivity index (χ0) is 9.40. The summed E-state index contributed by atoms with van der Waals surface area (Å²) in [6.45, 7) is 7.07. The van der Waals surface area contributed by atoms with Crippen molar-refractivity contribution in [3.8, 4) is 0 Å². The van der Waals surface area contributed by atoms with Crippen molar-refractivity contribution in [2.75, 3.05) is 13.2 Å². The van der Waals surface area contributed by atoms with Crippen molar-refractivity contribution in [1.29, 1.82) is 0 Å². The summed E-state index contributed by atoms with van der Waals surface area (Å²) in [5, 5.41) is 0. The Balaban J connectivity index is 3.50. The van der Waals surface area contributed by atoms with Crippen molar-refractivity contribution in [2.24, 2.45) is 0 Å². The van der Waals surface area contributed by atoms with Gasteiger partial charge in [-0.3, -0.25) is 4.79 Å². The third-order valence-electron chi connectivity index (χ3n) is 1.29. The molecule has 0 rings (SSSR count). The molecule has 2 heteroatoms. The van der Waals surface area contributed by atoms with Gasteiger partial charge in [0.15, 0.2) is 0 Å². The van der Waals surface area contributed by atoms with E-state index in [1.807, 2.05) is 26.8 Å². The van der Waals surface area contributed by atoms with Crippen LogP contribution in [0, 0.1) is 0 Å². The molecule has 0 aromatic carbocycles. The van der Waals surface area contributed by atoms with Gasteiger partial charge in [0.1, 0.15) is 6.29 Å². The summed E-state index contributed by atoms with van der Waals surface area (Å²) in [6.07, 6.45) is 4.30. The van der Waals surface area contributed by atoms with Gasteiger partial charge in [0.2, 0.25) is 0 Å². The number of ether oxygens (including phenoxy) is 1. The molecule has 0 aliphatic rings. The molecule has 0 aliphatic carbocycles. The Morgan fingerprint density at radius 3 is 2.50 bits per heavy atom. The van der Waals surface area contributed by atoms with Crippen LogP contribution in [-0.2, 0) is 9.53 Å². The number of rotatable bonds is 5. The van der Waals surface area contributed by atoms with Crippen LogP contribution < -0.4 is 0 Å². The van der Waals surface area contributed by atoms with Crippen LogP contribution in [0.2, 0.25) is 0 Å². The molecule has 0 amide bonds. The number of aldehydes is 1. The second-order valence-electron chi connectivity index (χ2n) is 2.95. The zero-order valence-corrected chi connectivity index (χ0v) is 7.96. The standard InChI is InChI=1S/C10H16O2/c1-9(2)5-7-12-8-10(3)4-6-11/h4-6H,7-8H2,1-3H3/b10-4+. The highest BCUT2D eigenvalue weighted by Gasteiger charge is 1.87. The van der Waals surface area contributed by atoms with E-state index < -0.39 is 0 Å². The molecule has 0 spiro atoms. The molecule has 68 valence electrons. The highest BCUT2D eigenvalue weighted by atomic mass is 16.5. The normalized spacial score (nSPS) is 11.1. The van der Waals surface area contributed by atoms with Crippen LogP contribution in [0.4, 0.5) is 0 Å². The molecule has 0 unspecified atom stereocenters. The van der Waals surface area contributed by atoms with Crippen LogP contribution in [0.5, 0.6) is 0 Å². The number of carbonyl (C=O) groups is 1. The average Bonchev–Trinajstić information content (AvgIpc) is 1.98. The van der Waals surface area contributed by atoms with E-state index in [4.69, 9.17) is 4.74 Å². The largest absolute Gasteiger partial charge is 0.373 e. The third-order valence-corrected chi connectivity index (χ3v) is 1.29. The Hall–Kier alpha value is -0.890. The topological polar surface area (TPSA) is 26.3 Å². The molecule has 0 bridgehead atoms. The maximum Gasteiger partial charge on any atom is 0.142 e. The number of allylic oxidation sites excluding steroid dienone is 2. The van der Waals surface area contributed by atoms with Crippen LogP contribution >= 0.6 is 0 Å². The molecule has 0 saturated heterocycles. The van der Waals surface area contributed by atoms with E-state index in [2.05, 4.69) is 0 Å². The van der Waals surface area contributed by atoms with Crippen molar-refractivity contribution in [2.45, 2.75) is 20.8 Å². The van der Waals surface area contributed by atoms with E-state index in [1.165, 1.54) is 11.6 Å². The summed E-state index contributed by atoms with van der Waals surface area (Å²) < 4.78 is 5.26. The first kappa shape index (κ1) is 11.1. The second kappa shape index (κ2) is 6.80. The lowest BCUT2D eigenvalue weighted by Crippen LogP contribution is -1.96. The first-order valence-corrected chi connectivity index (χ1v) is 3.99. The fourth-order valence-corrected chi connectivity index (χ4v) is 0.610. The van der Waals surface area contributed by atoms with Gasteiger partial charge in [0.25, 0.3) is 0 Å². The molecule has 0 fully saturated rings. The molecule has 12 heavy (non-hydrogen) atoms. The molecule has 0 aromatic rings. The summed E-state index contributed by atoms with van der Waals surface area (Å²) in [6, 6.07) is 0. The van der Waals surface area contributed by atoms with Crippen LogP contribution in [0.15, 0.2) is 23.3 Å². The van der Waals surface area contributed by atoms with E-state index in [9.17, 15) is 4.79 Å². The molecule has 2 nitrogen and oxygen atoms in total. The van der Waals surface area contributed by atoms with Crippen LogP contribution in [-0.4, -0.2) is 19.5 Å². The predicted octanol–water partition coefficient (Wildman–Crippen LogP) is 2.11. The zero-order valence-electron chi connectivity index (χ0n) is 7.96. The highest BCUT2D eigenvalue weighted by molar-refractivity contribution is 5.65. The fourth-order valence-electron chi connectivity index (χ4n) is 0.610. The molecule has 0 radical (unpaired) electrons. The van der Waals surface area contributed by atoms with Gasteiger partial charge in [-0.25, -0.2) is 0 Å². The van der Waals surface area contributed by atoms with E-state index in [-0.39, 0.29) is 0 Å². The molecular formula is C10H16O2. The van der Waals surface area contributed by atoms with E-state index >= 15 is 0 Å². The molecular weight excluding hydrogens is 152 g/mol. The quantitative estimate of drug-likeness (QED) is 0.272. The van der Waals surface area contributed by atoms with Crippen molar-refractivity contribution in [3.63, 3.8) is 0 Å². The lowest BCUT2D eigenvalue weighted by atomic mass is 10.3. The molecule has 0 aromatic heterocycles. The van der Waals surface area contributed by atoms with Crippen molar-refractivity contribution >= 4 is 6.29 Å². The second-order valence-corrected chi connectivity index (χ2v) is 2.95. The third kappa shape index (κ3) is 7.22.